The number of aryl methyl sites for hydroxylation is 2. The Kier molecular flexibility index (Phi) is 17.4. The first kappa shape index (κ1) is 48.7. The number of nitrogens with zero attached hydrogens (tertiary/aromatic N) is 4. The first-order chi connectivity index (χ1) is 30.6. The molecule has 0 aromatic heterocycles. The predicted molar refractivity (Wildman–Crippen MR) is 252 cm³/mol. The first-order valence-electron chi connectivity index (χ1n) is 19.6. The average molecular weight is 945 g/mol. The Morgan fingerprint density at radius 3 is 1.20 bits per heavy atom. The molecule has 5 aromatic rings. The second-order valence-electron chi connectivity index (χ2n) is 14.4. The third-order valence-electron chi connectivity index (χ3n) is 9.73. The highest BCUT2D eigenvalue weighted by Crippen LogP contribution is 2.29. The van der Waals surface area contributed by atoms with Crippen LogP contribution in [0, 0.1) is 13.8 Å². The van der Waals surface area contributed by atoms with Gasteiger partial charge < -0.3 is 21.3 Å². The number of hydrogen-bond acceptors (Lipinski definition) is 10. The Morgan fingerprint density at radius 1 is 0.516 bits per heavy atom. The van der Waals surface area contributed by atoms with E-state index in [0.717, 1.165) is 11.1 Å². The van der Waals surface area contributed by atoms with Crippen LogP contribution in [0.5, 0.6) is 0 Å². The Bertz CT molecular complexity index is 2460. The lowest BCUT2D eigenvalue weighted by Gasteiger charge is -2.17. The number of carbonyl (C=O) groups is 6. The van der Waals surface area contributed by atoms with Gasteiger partial charge in [0, 0.05) is 34.5 Å². The van der Waals surface area contributed by atoms with Crippen LogP contribution in [0.3, 0.4) is 0 Å². The molecule has 14 nitrogen and oxygen atoms in total. The summed E-state index contributed by atoms with van der Waals surface area (Å²) in [4.78, 5) is 78.2. The first-order valence-corrected chi connectivity index (χ1v) is 21.5. The van der Waals surface area contributed by atoms with Crippen molar-refractivity contribution < 1.29 is 28.8 Å². The van der Waals surface area contributed by atoms with E-state index in [1.54, 1.807) is 38.1 Å². The molecule has 0 aliphatic carbocycles. The molecule has 4 amide bonds. The van der Waals surface area contributed by atoms with Crippen molar-refractivity contribution in [2.45, 2.75) is 52.6 Å². The summed E-state index contributed by atoms with van der Waals surface area (Å²) in [5.74, 6) is -2.83. The lowest BCUT2D eigenvalue weighted by molar-refractivity contribution is -0.127. The van der Waals surface area contributed by atoms with E-state index in [1.807, 2.05) is 24.3 Å². The van der Waals surface area contributed by atoms with Crippen molar-refractivity contribution >= 4 is 116 Å². The van der Waals surface area contributed by atoms with E-state index < -0.39 is 47.3 Å². The molecule has 0 heterocycles. The molecular weight excluding hydrogens is 902 g/mol. The molecule has 0 saturated heterocycles. The second-order valence-corrected chi connectivity index (χ2v) is 15.9. The fourth-order valence-electron chi connectivity index (χ4n) is 6.00. The van der Waals surface area contributed by atoms with Crippen molar-refractivity contribution in [2.75, 3.05) is 33.0 Å². The largest absolute Gasteiger partial charge is 0.324 e. The molecule has 5 rings (SSSR count). The normalized spacial score (nSPS) is 12.1. The van der Waals surface area contributed by atoms with E-state index in [1.165, 1.54) is 62.4 Å². The maximum absolute atomic E-state index is 13.4. The van der Waals surface area contributed by atoms with Crippen molar-refractivity contribution in [3.05, 3.63) is 140 Å². The van der Waals surface area contributed by atoms with Gasteiger partial charge in [-0.25, -0.2) is 0 Å². The maximum Gasteiger partial charge on any atom is 0.258 e. The number of alkyl halides is 2. The minimum atomic E-state index is -1.55. The summed E-state index contributed by atoms with van der Waals surface area (Å²) < 4.78 is 0. The van der Waals surface area contributed by atoms with Gasteiger partial charge in [0.25, 0.3) is 23.6 Å². The lowest BCUT2D eigenvalue weighted by atomic mass is 10.0. The van der Waals surface area contributed by atoms with E-state index in [2.05, 4.69) is 41.7 Å². The minimum Gasteiger partial charge on any atom is -0.324 e. The van der Waals surface area contributed by atoms with Crippen LogP contribution < -0.4 is 21.3 Å². The van der Waals surface area contributed by atoms with E-state index in [4.69, 9.17) is 46.4 Å². The molecule has 2 unspecified atom stereocenters. The second kappa shape index (κ2) is 22.9. The Balaban J connectivity index is 1.24. The number of anilines is 4. The Labute approximate surface area is 389 Å². The van der Waals surface area contributed by atoms with Crippen molar-refractivity contribution in [2.24, 2.45) is 20.5 Å². The van der Waals surface area contributed by atoms with Crippen LogP contribution in [0.25, 0.3) is 0 Å². The third kappa shape index (κ3) is 13.1. The van der Waals surface area contributed by atoms with E-state index in [9.17, 15) is 28.8 Å². The molecule has 0 radical (unpaired) electrons. The Hall–Kier alpha value is -6.32. The molecule has 4 N–H and O–H groups in total. The van der Waals surface area contributed by atoms with Crippen LogP contribution in [0.2, 0.25) is 10.0 Å². The average Bonchev–Trinajstić information content (AvgIpc) is 3.26. The highest BCUT2D eigenvalue weighted by Gasteiger charge is 2.26. The number of benzene rings is 5. The van der Waals surface area contributed by atoms with Gasteiger partial charge in [-0.05, 0) is 136 Å². The van der Waals surface area contributed by atoms with Crippen molar-refractivity contribution in [1.82, 2.24) is 0 Å². The maximum atomic E-state index is 13.4. The molecule has 2 atom stereocenters. The van der Waals surface area contributed by atoms with Crippen LogP contribution in [-0.2, 0) is 32.0 Å². The predicted octanol–water partition coefficient (Wildman–Crippen LogP) is 11.0. The summed E-state index contributed by atoms with van der Waals surface area (Å²) in [5, 5.41) is 27.4. The zero-order valence-corrected chi connectivity index (χ0v) is 38.0. The smallest absolute Gasteiger partial charge is 0.258 e. The van der Waals surface area contributed by atoms with Crippen molar-refractivity contribution in [3.63, 3.8) is 0 Å². The monoisotopic (exact) mass is 942 g/mol. The zero-order valence-electron chi connectivity index (χ0n) is 35.0. The minimum absolute atomic E-state index is 0.0985. The highest BCUT2D eigenvalue weighted by molar-refractivity contribution is 6.35. The number of azo groups is 2. The molecule has 18 heteroatoms. The van der Waals surface area contributed by atoms with Gasteiger partial charge in [-0.3, -0.25) is 28.8 Å². The summed E-state index contributed by atoms with van der Waals surface area (Å²) in [7, 11) is 0. The molecule has 0 aliphatic rings. The number of amides is 4. The quantitative estimate of drug-likeness (QED) is 0.0382. The van der Waals surface area contributed by atoms with E-state index in [-0.39, 0.29) is 32.5 Å². The number of Topliss-reactive ketones (excluding diaryl/α,β-unsaturated/α-hetero) is 2. The summed E-state index contributed by atoms with van der Waals surface area (Å²) in [6, 6.07) is 23.0. The van der Waals surface area contributed by atoms with Crippen LogP contribution >= 0.6 is 46.4 Å². The number of rotatable bonds is 18. The van der Waals surface area contributed by atoms with Gasteiger partial charge in [-0.15, -0.1) is 23.2 Å². The van der Waals surface area contributed by atoms with Gasteiger partial charge in [0.1, 0.15) is 0 Å². The van der Waals surface area contributed by atoms with Gasteiger partial charge in [0.2, 0.25) is 12.1 Å². The molecule has 0 bridgehead atoms. The number of nitrogens with one attached hydrogen (secondary N) is 4. The van der Waals surface area contributed by atoms with Crippen LogP contribution in [0.4, 0.5) is 34.1 Å². The number of halogens is 4. The molecule has 0 fully saturated rings. The standard InChI is InChI=1S/C46H42Cl4N8O6/c1-25-26(2)40(54-46(64)42(28(4)60)58-56-34-14-16-38(50)36(24-34)44(62)52-32-11-7-30(8-12-32)20-22-48)18-17-39(25)53-45(63)41(27(3)59)57-55-33-13-15-37(49)35(23-33)43(61)51-31-9-5-29(6-10-31)19-21-47/h5-18,23-24,41-42H,19-22H2,1-4H3,(H,51,61)(H,52,62)(H,53,63)(H,54,64). The molecule has 0 saturated carbocycles. The van der Waals surface area contributed by atoms with E-state index >= 15 is 0 Å². The highest BCUT2D eigenvalue weighted by atomic mass is 35.5. The van der Waals surface area contributed by atoms with Gasteiger partial charge in [-0.2, -0.15) is 20.5 Å². The fraction of sp³-hybridized carbons (Fsp3) is 0.217. The fourth-order valence-corrected chi connectivity index (χ4v) is 6.85. The zero-order chi connectivity index (χ0) is 46.5. The molecule has 330 valence electrons. The van der Waals surface area contributed by atoms with Crippen LogP contribution in [0.1, 0.15) is 56.8 Å². The topological polar surface area (TPSA) is 200 Å². The van der Waals surface area contributed by atoms with Crippen molar-refractivity contribution in [3.8, 4) is 0 Å². The summed E-state index contributed by atoms with van der Waals surface area (Å²) in [6.45, 7) is 5.75. The molecular formula is C46H42Cl4N8O6. The molecule has 64 heavy (non-hydrogen) atoms. The number of hydrogen-bond donors (Lipinski definition) is 4. The van der Waals surface area contributed by atoms with Crippen LogP contribution in [0.15, 0.2) is 118 Å². The number of ketones is 2. The van der Waals surface area contributed by atoms with Gasteiger partial charge in [0.15, 0.2) is 11.6 Å². The summed E-state index contributed by atoms with van der Waals surface area (Å²) in [6.07, 6.45) is 1.37. The van der Waals surface area contributed by atoms with Crippen molar-refractivity contribution in [1.29, 1.82) is 0 Å². The van der Waals surface area contributed by atoms with Crippen LogP contribution in [-0.4, -0.2) is 59.0 Å². The molecule has 0 aliphatic heterocycles. The lowest BCUT2D eigenvalue weighted by Crippen LogP contribution is -2.33. The molecule has 0 spiro atoms. The Morgan fingerprint density at radius 2 is 0.875 bits per heavy atom. The SMILES string of the molecule is CC(=O)C(N=Nc1ccc(Cl)c(C(=O)Nc2ccc(CCCl)cc2)c1)C(=O)Nc1ccc(NC(=O)C(N=Nc2ccc(Cl)c(C(=O)Nc3ccc(CCCl)cc3)c2)C(C)=O)c(C)c1C. The molecule has 5 aromatic carbocycles. The van der Waals surface area contributed by atoms with Gasteiger partial charge in [-0.1, -0.05) is 47.5 Å². The summed E-state index contributed by atoms with van der Waals surface area (Å²) in [5.41, 5.74) is 5.35. The van der Waals surface area contributed by atoms with E-state index in [0.29, 0.717) is 58.5 Å². The van der Waals surface area contributed by atoms with Gasteiger partial charge in [0.05, 0.1) is 32.5 Å². The van der Waals surface area contributed by atoms with Gasteiger partial charge >= 0.3 is 0 Å². The third-order valence-corrected chi connectivity index (χ3v) is 10.8. The summed E-state index contributed by atoms with van der Waals surface area (Å²) >= 11 is 24.3. The number of carbonyl (C=O) groups excluding carboxylic acids is 6.